The quantitative estimate of drug-likeness (QED) is 0.456. The molecule has 69 valence electrons. The summed E-state index contributed by atoms with van der Waals surface area (Å²) >= 11 is 0. The second kappa shape index (κ2) is 390. The average Bonchev–Trinajstić information content (AvgIpc) is 2.33. The molecule has 0 N–H and O–H groups in total. The number of hydrogen-bond acceptors (Lipinski definition) is 6. The van der Waals surface area contributed by atoms with Crippen LogP contribution in [0.5, 0.6) is 0 Å². The summed E-state index contributed by atoms with van der Waals surface area (Å²) in [6.07, 6.45) is 0. The first-order chi connectivity index (χ1) is 6.00. The summed E-state index contributed by atoms with van der Waals surface area (Å²) in [5.74, 6) is 0. The zero-order valence-corrected chi connectivity index (χ0v) is 10.3. The minimum absolute atomic E-state index is 0. The van der Waals surface area contributed by atoms with Crippen molar-refractivity contribution >= 4 is 23.9 Å². The Kier molecular flexibility index (Phi) is 2390. The van der Waals surface area contributed by atoms with Crippen molar-refractivity contribution < 1.29 is 17.1 Å². The molecule has 0 unspecified atom stereocenters. The standard InChI is InChI=1S/6CN.Cu.Sn/c6*1-2;;/q6*-1;+2;+4. The van der Waals surface area contributed by atoms with Crippen LogP contribution in [-0.4, -0.2) is 23.9 Å². The Morgan fingerprint density at radius 1 is 0.357 bits per heavy atom. The third kappa shape index (κ3) is 290. The van der Waals surface area contributed by atoms with E-state index < -0.39 is 0 Å². The fourth-order valence-electron chi connectivity index (χ4n) is 0. The van der Waals surface area contributed by atoms with Crippen LogP contribution in [0.3, 0.4) is 0 Å². The smallest absolute Gasteiger partial charge is 0.512 e. The van der Waals surface area contributed by atoms with E-state index in [2.05, 4.69) is 0 Å². The third-order valence-electron chi connectivity index (χ3n) is 0. The third-order valence-corrected chi connectivity index (χ3v) is 0. The molecule has 0 fully saturated rings. The molecule has 0 aliphatic heterocycles. The fraction of sp³-hybridized carbons (Fsp3) is 0. The van der Waals surface area contributed by atoms with Crippen LogP contribution in [0.25, 0.3) is 0 Å². The normalized spacial score (nSPS) is 0.857. The molecule has 8 heteroatoms. The molecular formula is C6CuN6Sn. The van der Waals surface area contributed by atoms with Crippen LogP contribution >= 0.6 is 0 Å². The van der Waals surface area contributed by atoms with Gasteiger partial charge in [-0.3, -0.25) is 0 Å². The summed E-state index contributed by atoms with van der Waals surface area (Å²) in [6, 6.07) is 0. The molecule has 0 aromatic carbocycles. The first-order valence-corrected chi connectivity index (χ1v) is 1.34. The Balaban J connectivity index is -0.00000000500. The maximum absolute atomic E-state index is 6.25. The zero-order valence-electron chi connectivity index (χ0n) is 6.48. The number of rotatable bonds is 0. The van der Waals surface area contributed by atoms with Gasteiger partial charge in [-0.25, -0.2) is 0 Å². The average molecular weight is 338 g/mol. The van der Waals surface area contributed by atoms with Crippen LogP contribution in [0.4, 0.5) is 0 Å². The molecule has 0 amide bonds. The van der Waals surface area contributed by atoms with Gasteiger partial charge in [-0.15, -0.1) is 0 Å². The van der Waals surface area contributed by atoms with Crippen LogP contribution in [0, 0.1) is 71.0 Å². The van der Waals surface area contributed by atoms with Crippen LogP contribution in [0.1, 0.15) is 0 Å². The van der Waals surface area contributed by atoms with Crippen molar-refractivity contribution in [2.24, 2.45) is 0 Å². The van der Waals surface area contributed by atoms with Gasteiger partial charge in [0.2, 0.25) is 0 Å². The van der Waals surface area contributed by atoms with E-state index in [4.69, 9.17) is 71.0 Å². The molecule has 0 aliphatic rings. The van der Waals surface area contributed by atoms with E-state index in [0.29, 0.717) is 0 Å². The summed E-state index contributed by atoms with van der Waals surface area (Å²) in [6.45, 7) is 28.5. The molecule has 14 heavy (non-hydrogen) atoms. The molecule has 0 rings (SSSR count). The van der Waals surface area contributed by atoms with Gasteiger partial charge in [-0.05, 0) is 0 Å². The molecular weight excluding hydrogens is 338 g/mol. The van der Waals surface area contributed by atoms with E-state index >= 15 is 0 Å². The van der Waals surface area contributed by atoms with E-state index in [-0.39, 0.29) is 41.0 Å². The second-order valence-corrected chi connectivity index (χ2v) is 0. The Hall–Kier alpha value is -1.74. The summed E-state index contributed by atoms with van der Waals surface area (Å²) in [5, 5.41) is 37.5. The minimum atomic E-state index is 0. The van der Waals surface area contributed by atoms with E-state index in [1.807, 2.05) is 0 Å². The second-order valence-electron chi connectivity index (χ2n) is 0. The molecule has 0 saturated heterocycles. The molecule has 0 saturated carbocycles. The molecule has 6 nitrogen and oxygen atoms in total. The Labute approximate surface area is 112 Å². The van der Waals surface area contributed by atoms with Gasteiger partial charge in [0.25, 0.3) is 0 Å². The van der Waals surface area contributed by atoms with Crippen LogP contribution in [0.15, 0.2) is 0 Å². The van der Waals surface area contributed by atoms with E-state index in [9.17, 15) is 0 Å². The maximum Gasteiger partial charge on any atom is 4.00 e. The SMILES string of the molecule is [C-]#N.[C-]#N.[C-]#N.[C-]#N.[C-]#N.[C-]#N.[Cu+2].[Sn+4]. The molecule has 0 aromatic heterocycles. The molecule has 0 aromatic rings. The summed E-state index contributed by atoms with van der Waals surface area (Å²) in [4.78, 5) is 0. The Morgan fingerprint density at radius 2 is 0.357 bits per heavy atom. The van der Waals surface area contributed by atoms with Crippen molar-refractivity contribution in [2.45, 2.75) is 0 Å². The van der Waals surface area contributed by atoms with Gasteiger partial charge in [0.15, 0.2) is 0 Å². The van der Waals surface area contributed by atoms with Crippen molar-refractivity contribution in [2.75, 3.05) is 0 Å². The van der Waals surface area contributed by atoms with Crippen LogP contribution in [-0.2, 0) is 17.1 Å². The van der Waals surface area contributed by atoms with E-state index in [1.165, 1.54) is 0 Å². The van der Waals surface area contributed by atoms with Crippen molar-refractivity contribution in [3.8, 4) is 0 Å². The Morgan fingerprint density at radius 3 is 0.357 bits per heavy atom. The van der Waals surface area contributed by atoms with Crippen LogP contribution < -0.4 is 0 Å². The molecule has 0 aliphatic carbocycles. The van der Waals surface area contributed by atoms with Crippen molar-refractivity contribution in [1.29, 1.82) is 31.6 Å². The van der Waals surface area contributed by atoms with Gasteiger partial charge < -0.3 is 71.0 Å². The summed E-state index contributed by atoms with van der Waals surface area (Å²) in [5.41, 5.74) is 0. The summed E-state index contributed by atoms with van der Waals surface area (Å²) in [7, 11) is 0. The number of nitrogens with zero attached hydrogens (tertiary/aromatic N) is 6. The summed E-state index contributed by atoms with van der Waals surface area (Å²) < 4.78 is 0. The zero-order chi connectivity index (χ0) is 12.0. The van der Waals surface area contributed by atoms with E-state index in [1.54, 1.807) is 0 Å². The number of hydrogen-bond donors (Lipinski definition) is 0. The fourth-order valence-corrected chi connectivity index (χ4v) is 0. The largest absolute Gasteiger partial charge is 4.00 e. The van der Waals surface area contributed by atoms with E-state index in [0.717, 1.165) is 0 Å². The van der Waals surface area contributed by atoms with Gasteiger partial charge >= 0.3 is 41.0 Å². The van der Waals surface area contributed by atoms with Crippen molar-refractivity contribution in [3.05, 3.63) is 39.4 Å². The maximum atomic E-state index is 6.25. The molecule has 1 radical (unpaired) electrons. The van der Waals surface area contributed by atoms with Gasteiger partial charge in [0.1, 0.15) is 0 Å². The first kappa shape index (κ1) is 85.7. The predicted molar refractivity (Wildman–Crippen MR) is 35.6 cm³/mol. The molecule has 0 bridgehead atoms. The molecule has 0 heterocycles. The van der Waals surface area contributed by atoms with Gasteiger partial charge in [-0.2, -0.15) is 0 Å². The van der Waals surface area contributed by atoms with Crippen molar-refractivity contribution in [3.63, 3.8) is 0 Å². The monoisotopic (exact) mass is 339 g/mol. The van der Waals surface area contributed by atoms with Crippen LogP contribution in [0.2, 0.25) is 0 Å². The van der Waals surface area contributed by atoms with Gasteiger partial charge in [-0.1, -0.05) is 0 Å². The minimum Gasteiger partial charge on any atom is -0.512 e. The van der Waals surface area contributed by atoms with Crippen molar-refractivity contribution in [1.82, 2.24) is 0 Å². The van der Waals surface area contributed by atoms with Gasteiger partial charge in [0, 0.05) is 0 Å². The Bertz CT molecular complexity index is 97.3. The molecule has 0 spiro atoms. The topological polar surface area (TPSA) is 143 Å². The first-order valence-electron chi connectivity index (χ1n) is 1.34. The molecule has 0 atom stereocenters. The predicted octanol–water partition coefficient (Wildman–Crippen LogP) is 0.195. The van der Waals surface area contributed by atoms with Gasteiger partial charge in [0.05, 0.1) is 0 Å².